The standard InChI is InChI=1S/C19H25NS/c1-14(16-10-9-15-6-4-7-17(15)12-16)20-13-19(2,3)18-8-5-11-21-18/h5,8-12,14,20H,4,6-7,13H2,1-3H3. The van der Waals surface area contributed by atoms with Crippen LogP contribution in [0.2, 0.25) is 0 Å². The first kappa shape index (κ1) is 14.8. The van der Waals surface area contributed by atoms with Gasteiger partial charge in [0, 0.05) is 22.9 Å². The van der Waals surface area contributed by atoms with Crippen molar-refractivity contribution in [3.8, 4) is 0 Å². The average Bonchev–Trinajstić information content (AvgIpc) is 3.14. The number of aryl methyl sites for hydroxylation is 2. The van der Waals surface area contributed by atoms with Crippen LogP contribution in [0.4, 0.5) is 0 Å². The first-order chi connectivity index (χ1) is 10.1. The van der Waals surface area contributed by atoms with Crippen LogP contribution < -0.4 is 5.32 Å². The van der Waals surface area contributed by atoms with Crippen molar-refractivity contribution in [3.63, 3.8) is 0 Å². The summed E-state index contributed by atoms with van der Waals surface area (Å²) < 4.78 is 0. The number of fused-ring (bicyclic) bond motifs is 1. The third kappa shape index (κ3) is 3.22. The molecule has 0 spiro atoms. The van der Waals surface area contributed by atoms with E-state index in [1.165, 1.54) is 29.7 Å². The van der Waals surface area contributed by atoms with Crippen molar-refractivity contribution in [2.45, 2.75) is 51.5 Å². The predicted molar refractivity (Wildman–Crippen MR) is 92.2 cm³/mol. The monoisotopic (exact) mass is 299 g/mol. The Morgan fingerprint density at radius 1 is 1.19 bits per heavy atom. The molecule has 0 bridgehead atoms. The Kier molecular flexibility index (Phi) is 4.19. The predicted octanol–water partition coefficient (Wildman–Crippen LogP) is 4.87. The Balaban J connectivity index is 1.65. The molecule has 1 aromatic heterocycles. The van der Waals surface area contributed by atoms with E-state index in [9.17, 15) is 0 Å². The smallest absolute Gasteiger partial charge is 0.0292 e. The Morgan fingerprint density at radius 3 is 2.76 bits per heavy atom. The van der Waals surface area contributed by atoms with Gasteiger partial charge in [-0.05, 0) is 54.3 Å². The van der Waals surface area contributed by atoms with Gasteiger partial charge in [0.1, 0.15) is 0 Å². The van der Waals surface area contributed by atoms with Crippen LogP contribution in [0.15, 0.2) is 35.7 Å². The highest BCUT2D eigenvalue weighted by Crippen LogP contribution is 2.29. The van der Waals surface area contributed by atoms with E-state index in [0.717, 1.165) is 6.54 Å². The summed E-state index contributed by atoms with van der Waals surface area (Å²) in [4.78, 5) is 1.45. The summed E-state index contributed by atoms with van der Waals surface area (Å²) in [6.07, 6.45) is 3.85. The van der Waals surface area contributed by atoms with Crippen molar-refractivity contribution >= 4 is 11.3 Å². The van der Waals surface area contributed by atoms with E-state index in [-0.39, 0.29) is 5.41 Å². The largest absolute Gasteiger partial charge is 0.309 e. The SMILES string of the molecule is CC(NCC(C)(C)c1cccs1)c1ccc2c(c1)CCC2. The molecule has 1 aliphatic rings. The zero-order valence-corrected chi connectivity index (χ0v) is 14.1. The third-order valence-electron chi connectivity index (χ3n) is 4.66. The molecule has 0 saturated heterocycles. The molecule has 0 aliphatic heterocycles. The zero-order chi connectivity index (χ0) is 14.9. The summed E-state index contributed by atoms with van der Waals surface area (Å²) in [7, 11) is 0. The third-order valence-corrected chi connectivity index (χ3v) is 5.90. The minimum atomic E-state index is 0.194. The van der Waals surface area contributed by atoms with Crippen molar-refractivity contribution in [1.29, 1.82) is 0 Å². The fraction of sp³-hybridized carbons (Fsp3) is 0.474. The number of benzene rings is 1. The van der Waals surface area contributed by atoms with Gasteiger partial charge in [0.25, 0.3) is 0 Å². The minimum absolute atomic E-state index is 0.194. The molecule has 0 amide bonds. The molecule has 1 atom stereocenters. The number of nitrogens with one attached hydrogen (secondary N) is 1. The lowest BCUT2D eigenvalue weighted by molar-refractivity contribution is 0.441. The molecule has 1 aliphatic carbocycles. The highest BCUT2D eigenvalue weighted by Gasteiger charge is 2.22. The maximum absolute atomic E-state index is 3.73. The van der Waals surface area contributed by atoms with Gasteiger partial charge >= 0.3 is 0 Å². The molecule has 21 heavy (non-hydrogen) atoms. The second-order valence-electron chi connectivity index (χ2n) is 6.85. The van der Waals surface area contributed by atoms with Gasteiger partial charge in [-0.3, -0.25) is 0 Å². The van der Waals surface area contributed by atoms with Gasteiger partial charge in [0.15, 0.2) is 0 Å². The van der Waals surface area contributed by atoms with E-state index >= 15 is 0 Å². The minimum Gasteiger partial charge on any atom is -0.309 e. The van der Waals surface area contributed by atoms with E-state index < -0.39 is 0 Å². The van der Waals surface area contributed by atoms with Crippen LogP contribution in [0.25, 0.3) is 0 Å². The summed E-state index contributed by atoms with van der Waals surface area (Å²) in [6, 6.07) is 11.9. The normalized spacial score (nSPS) is 16.0. The van der Waals surface area contributed by atoms with Gasteiger partial charge < -0.3 is 5.32 Å². The molecule has 0 saturated carbocycles. The van der Waals surface area contributed by atoms with Crippen molar-refractivity contribution < 1.29 is 0 Å². The van der Waals surface area contributed by atoms with Crippen molar-refractivity contribution in [2.75, 3.05) is 6.54 Å². The summed E-state index contributed by atoms with van der Waals surface area (Å²) in [5.74, 6) is 0. The molecular formula is C19H25NS. The molecule has 0 fully saturated rings. The summed E-state index contributed by atoms with van der Waals surface area (Å²) in [6.45, 7) is 7.93. The Labute approximate surface area is 132 Å². The molecule has 1 unspecified atom stereocenters. The number of thiophene rings is 1. The molecule has 1 heterocycles. The Hall–Kier alpha value is -1.12. The van der Waals surface area contributed by atoms with E-state index in [0.29, 0.717) is 6.04 Å². The van der Waals surface area contributed by atoms with Crippen LogP contribution >= 0.6 is 11.3 Å². The topological polar surface area (TPSA) is 12.0 Å². The highest BCUT2D eigenvalue weighted by atomic mass is 32.1. The quantitative estimate of drug-likeness (QED) is 0.831. The van der Waals surface area contributed by atoms with Gasteiger partial charge in [0.2, 0.25) is 0 Å². The van der Waals surface area contributed by atoms with Crippen LogP contribution in [-0.4, -0.2) is 6.54 Å². The van der Waals surface area contributed by atoms with Crippen LogP contribution in [-0.2, 0) is 18.3 Å². The van der Waals surface area contributed by atoms with Crippen LogP contribution in [0.3, 0.4) is 0 Å². The number of hydrogen-bond donors (Lipinski definition) is 1. The zero-order valence-electron chi connectivity index (χ0n) is 13.3. The molecule has 3 rings (SSSR count). The van der Waals surface area contributed by atoms with Crippen molar-refractivity contribution in [2.24, 2.45) is 0 Å². The van der Waals surface area contributed by atoms with Crippen molar-refractivity contribution in [1.82, 2.24) is 5.32 Å². The molecule has 1 N–H and O–H groups in total. The van der Waals surface area contributed by atoms with Gasteiger partial charge in [-0.1, -0.05) is 38.1 Å². The van der Waals surface area contributed by atoms with E-state index in [2.05, 4.69) is 61.8 Å². The van der Waals surface area contributed by atoms with Gasteiger partial charge in [-0.2, -0.15) is 0 Å². The maximum Gasteiger partial charge on any atom is 0.0292 e. The lowest BCUT2D eigenvalue weighted by Gasteiger charge is -2.26. The summed E-state index contributed by atoms with van der Waals surface area (Å²) in [5, 5.41) is 5.89. The van der Waals surface area contributed by atoms with Crippen molar-refractivity contribution in [3.05, 3.63) is 57.3 Å². The lowest BCUT2D eigenvalue weighted by atomic mass is 9.90. The van der Waals surface area contributed by atoms with Gasteiger partial charge in [0.05, 0.1) is 0 Å². The first-order valence-corrected chi connectivity index (χ1v) is 8.83. The molecule has 0 radical (unpaired) electrons. The molecule has 2 aromatic rings. The van der Waals surface area contributed by atoms with Gasteiger partial charge in [-0.15, -0.1) is 11.3 Å². The number of hydrogen-bond acceptors (Lipinski definition) is 2. The maximum atomic E-state index is 3.73. The Morgan fingerprint density at radius 2 is 2.00 bits per heavy atom. The number of rotatable bonds is 5. The van der Waals surface area contributed by atoms with E-state index in [1.807, 2.05) is 11.3 Å². The Bertz CT molecular complexity index is 598. The average molecular weight is 299 g/mol. The second kappa shape index (κ2) is 5.94. The molecule has 1 aromatic carbocycles. The fourth-order valence-electron chi connectivity index (χ4n) is 3.14. The van der Waals surface area contributed by atoms with Crippen LogP contribution in [0, 0.1) is 0 Å². The van der Waals surface area contributed by atoms with Crippen LogP contribution in [0.5, 0.6) is 0 Å². The van der Waals surface area contributed by atoms with Crippen LogP contribution in [0.1, 0.15) is 54.8 Å². The van der Waals surface area contributed by atoms with Gasteiger partial charge in [-0.25, -0.2) is 0 Å². The molecule has 112 valence electrons. The summed E-state index contributed by atoms with van der Waals surface area (Å²) >= 11 is 1.85. The lowest BCUT2D eigenvalue weighted by Crippen LogP contribution is -2.33. The second-order valence-corrected chi connectivity index (χ2v) is 7.79. The first-order valence-electron chi connectivity index (χ1n) is 7.95. The molecule has 2 heteroatoms. The van der Waals surface area contributed by atoms with E-state index in [4.69, 9.17) is 0 Å². The fourth-order valence-corrected chi connectivity index (χ4v) is 3.99. The van der Waals surface area contributed by atoms with E-state index in [1.54, 1.807) is 11.1 Å². The molecular weight excluding hydrogens is 274 g/mol. The summed E-state index contributed by atoms with van der Waals surface area (Å²) in [5.41, 5.74) is 4.75. The highest BCUT2D eigenvalue weighted by molar-refractivity contribution is 7.10. The molecule has 1 nitrogen and oxygen atoms in total.